The average Bonchev–Trinajstić information content (AvgIpc) is 2.75. The molecule has 2 aromatic heterocycles. The van der Waals surface area contributed by atoms with Crippen molar-refractivity contribution in [3.8, 4) is 0 Å². The fraction of sp³-hybridized carbons (Fsp3) is 0.667. The first kappa shape index (κ1) is 28.0. The molecule has 2 aliphatic rings. The van der Waals surface area contributed by atoms with E-state index in [9.17, 15) is 18.3 Å². The number of hydrogen-bond acceptors (Lipinski definition) is 4. The van der Waals surface area contributed by atoms with Gasteiger partial charge in [0.25, 0.3) is 0 Å². The molecule has 0 aliphatic heterocycles. The number of nitrogens with zero attached hydrogens (tertiary/aromatic N) is 2. The van der Waals surface area contributed by atoms with Crippen molar-refractivity contribution in [2.45, 2.75) is 117 Å². The van der Waals surface area contributed by atoms with E-state index in [4.69, 9.17) is 9.72 Å². The predicted molar refractivity (Wildman–Crippen MR) is 138 cm³/mol. The summed E-state index contributed by atoms with van der Waals surface area (Å²) in [5, 5.41) is 11.5. The van der Waals surface area contributed by atoms with Gasteiger partial charge >= 0.3 is 6.18 Å². The van der Waals surface area contributed by atoms with Crippen LogP contribution < -0.4 is 0 Å². The number of ether oxygens (including phenoxy) is 1. The Balaban J connectivity index is 1.84. The Labute approximate surface area is 219 Å². The van der Waals surface area contributed by atoms with E-state index in [0.29, 0.717) is 5.56 Å². The van der Waals surface area contributed by atoms with E-state index in [1.54, 1.807) is 0 Å². The molecule has 0 aromatic carbocycles. The van der Waals surface area contributed by atoms with Crippen LogP contribution >= 0.6 is 0 Å². The number of halogens is 3. The minimum Gasteiger partial charge on any atom is -0.382 e. The fourth-order valence-electron chi connectivity index (χ4n) is 5.66. The smallest absolute Gasteiger partial charge is 0.382 e. The molecule has 0 amide bonds. The van der Waals surface area contributed by atoms with Gasteiger partial charge in [-0.15, -0.1) is 0 Å². The van der Waals surface area contributed by atoms with Crippen LogP contribution in [0.1, 0.15) is 132 Å². The summed E-state index contributed by atoms with van der Waals surface area (Å²) >= 11 is 0. The summed E-state index contributed by atoms with van der Waals surface area (Å²) < 4.78 is 46.2. The third-order valence-corrected chi connectivity index (χ3v) is 9.00. The van der Waals surface area contributed by atoms with Crippen LogP contribution in [0, 0.1) is 17.8 Å². The molecule has 204 valence electrons. The van der Waals surface area contributed by atoms with Crippen molar-refractivity contribution < 1.29 is 23.0 Å². The van der Waals surface area contributed by atoms with Gasteiger partial charge in [0.05, 0.1) is 23.0 Å². The number of aliphatic hydroxyl groups is 1. The molecule has 0 saturated heterocycles. The molecule has 1 spiro atoms. The zero-order chi connectivity index (χ0) is 27.6. The molecule has 2 heterocycles. The van der Waals surface area contributed by atoms with Gasteiger partial charge in [-0.25, -0.2) is 0 Å². The van der Waals surface area contributed by atoms with Gasteiger partial charge in [0.15, 0.2) is 0 Å². The Kier molecular flexibility index (Phi) is 7.07. The number of hydrogen-bond donors (Lipinski definition) is 1. The number of fused-ring (bicyclic) bond motifs is 1. The zero-order valence-electron chi connectivity index (χ0n) is 23.4. The highest BCUT2D eigenvalue weighted by Crippen LogP contribution is 2.56. The van der Waals surface area contributed by atoms with Crippen LogP contribution in [-0.2, 0) is 17.3 Å². The normalized spacial score (nSPS) is 20.6. The van der Waals surface area contributed by atoms with Crippen LogP contribution in [0.25, 0.3) is 0 Å². The van der Waals surface area contributed by atoms with E-state index in [1.807, 2.05) is 20.8 Å². The molecule has 2 aromatic rings. The Morgan fingerprint density at radius 1 is 1.08 bits per heavy atom. The first-order valence-electron chi connectivity index (χ1n) is 13.4. The van der Waals surface area contributed by atoms with Gasteiger partial charge in [0.2, 0.25) is 0 Å². The second-order valence-electron chi connectivity index (χ2n) is 13.0. The van der Waals surface area contributed by atoms with Crippen LogP contribution in [-0.4, -0.2) is 20.7 Å². The monoisotopic (exact) mass is 518 g/mol. The van der Waals surface area contributed by atoms with Crippen molar-refractivity contribution in [2.75, 3.05) is 0 Å². The van der Waals surface area contributed by atoms with Crippen LogP contribution in [0.3, 0.4) is 0 Å². The van der Waals surface area contributed by atoms with Gasteiger partial charge < -0.3 is 9.84 Å². The number of alkyl halides is 3. The molecule has 0 radical (unpaired) electrons. The molecule has 1 fully saturated rings. The molecule has 4 rings (SSSR count). The lowest BCUT2D eigenvalue weighted by Crippen LogP contribution is -2.45. The summed E-state index contributed by atoms with van der Waals surface area (Å²) in [6.07, 6.45) is 0.311. The van der Waals surface area contributed by atoms with Gasteiger partial charge in [0.1, 0.15) is 6.10 Å². The Bertz CT molecular complexity index is 1140. The highest BCUT2D eigenvalue weighted by molar-refractivity contribution is 5.47. The number of pyridine rings is 2. The summed E-state index contributed by atoms with van der Waals surface area (Å²) in [5.74, 6) is 0.0211. The van der Waals surface area contributed by atoms with Gasteiger partial charge in [-0.3, -0.25) is 9.97 Å². The van der Waals surface area contributed by atoms with E-state index >= 15 is 0 Å². The average molecular weight is 519 g/mol. The van der Waals surface area contributed by atoms with E-state index in [1.165, 1.54) is 25.3 Å². The molecule has 1 N–H and O–H groups in total. The van der Waals surface area contributed by atoms with Crippen LogP contribution in [0.4, 0.5) is 13.2 Å². The predicted octanol–water partition coefficient (Wildman–Crippen LogP) is 8.01. The zero-order valence-corrected chi connectivity index (χ0v) is 23.4. The van der Waals surface area contributed by atoms with Crippen molar-refractivity contribution in [2.24, 2.45) is 10.8 Å². The van der Waals surface area contributed by atoms with Crippen molar-refractivity contribution in [1.82, 2.24) is 9.97 Å². The quantitative estimate of drug-likeness (QED) is 0.436. The SMILES string of the molecule is Cc1c2c(nc(C(C)C)c1[C@@H](O)c1ccc(C(F)(F)F)cn1)CC1(CCC1)CC2OC(C)(C)C(C)(C)C. The van der Waals surface area contributed by atoms with Crippen molar-refractivity contribution in [3.63, 3.8) is 0 Å². The van der Waals surface area contributed by atoms with Gasteiger partial charge in [-0.05, 0) is 80.9 Å². The maximum absolute atomic E-state index is 13.1. The van der Waals surface area contributed by atoms with E-state index in [-0.39, 0.29) is 28.5 Å². The maximum atomic E-state index is 13.1. The first-order chi connectivity index (χ1) is 17.0. The van der Waals surface area contributed by atoms with Gasteiger partial charge in [-0.1, -0.05) is 41.0 Å². The standard InChI is InChI=1S/C30H41F3N2O2/c1-17(2)25-24(26(36)20-11-10-19(16-34-20)30(31,32)33)18(3)23-21(35-25)14-29(12-9-13-29)15-22(23)37-28(7,8)27(4,5)6/h10-11,16-17,22,26,36H,9,12-15H2,1-8H3/t22?,26-/m0/s1. The summed E-state index contributed by atoms with van der Waals surface area (Å²) in [4.78, 5) is 9.15. The minimum atomic E-state index is -4.48. The number of aliphatic hydroxyl groups excluding tert-OH is 1. The van der Waals surface area contributed by atoms with Crippen molar-refractivity contribution in [1.29, 1.82) is 0 Å². The molecule has 2 aliphatic carbocycles. The van der Waals surface area contributed by atoms with E-state index in [2.05, 4.69) is 39.6 Å². The lowest BCUT2D eigenvalue weighted by molar-refractivity contribution is -0.153. The topological polar surface area (TPSA) is 55.2 Å². The second-order valence-corrected chi connectivity index (χ2v) is 13.0. The van der Waals surface area contributed by atoms with Crippen LogP contribution in [0.2, 0.25) is 0 Å². The molecular formula is C30H41F3N2O2. The number of aromatic nitrogens is 2. The van der Waals surface area contributed by atoms with Gasteiger partial charge in [-0.2, -0.15) is 13.2 Å². The Hall–Kier alpha value is -1.99. The molecule has 37 heavy (non-hydrogen) atoms. The van der Waals surface area contributed by atoms with Crippen LogP contribution in [0.5, 0.6) is 0 Å². The Morgan fingerprint density at radius 3 is 2.19 bits per heavy atom. The third kappa shape index (κ3) is 5.18. The molecule has 7 heteroatoms. The first-order valence-corrected chi connectivity index (χ1v) is 13.4. The summed E-state index contributed by atoms with van der Waals surface area (Å²) in [6, 6.07) is 2.23. The molecule has 0 bridgehead atoms. The largest absolute Gasteiger partial charge is 0.417 e. The van der Waals surface area contributed by atoms with Gasteiger partial charge in [0, 0.05) is 28.7 Å². The summed E-state index contributed by atoms with van der Waals surface area (Å²) in [5.41, 5.74) is 3.43. The lowest BCUT2D eigenvalue weighted by Gasteiger charge is -2.51. The molecular weight excluding hydrogens is 477 g/mol. The highest BCUT2D eigenvalue weighted by atomic mass is 19.4. The van der Waals surface area contributed by atoms with E-state index in [0.717, 1.165) is 47.6 Å². The second kappa shape index (κ2) is 9.33. The van der Waals surface area contributed by atoms with E-state index < -0.39 is 23.4 Å². The number of rotatable bonds is 5. The summed E-state index contributed by atoms with van der Waals surface area (Å²) in [6.45, 7) is 16.8. The molecule has 1 saturated carbocycles. The molecule has 4 nitrogen and oxygen atoms in total. The summed E-state index contributed by atoms with van der Waals surface area (Å²) in [7, 11) is 0. The molecule has 2 atom stereocenters. The fourth-order valence-corrected chi connectivity index (χ4v) is 5.66. The third-order valence-electron chi connectivity index (χ3n) is 9.00. The Morgan fingerprint density at radius 2 is 1.73 bits per heavy atom. The highest BCUT2D eigenvalue weighted by Gasteiger charge is 2.48. The van der Waals surface area contributed by atoms with Crippen LogP contribution in [0.15, 0.2) is 18.3 Å². The van der Waals surface area contributed by atoms with Crippen molar-refractivity contribution in [3.05, 3.63) is 57.7 Å². The maximum Gasteiger partial charge on any atom is 0.417 e. The lowest BCUT2D eigenvalue weighted by atomic mass is 9.59. The van der Waals surface area contributed by atoms with Crippen molar-refractivity contribution >= 4 is 0 Å². The minimum absolute atomic E-state index is 0.0211. The molecule has 1 unspecified atom stereocenters.